The third-order valence-corrected chi connectivity index (χ3v) is 3.06. The lowest BCUT2D eigenvalue weighted by atomic mass is 10.2. The number of halogens is 3. The average Bonchev–Trinajstić information content (AvgIpc) is 2.28. The monoisotopic (exact) mass is 264 g/mol. The van der Waals surface area contributed by atoms with Crippen LogP contribution in [0.3, 0.4) is 0 Å². The van der Waals surface area contributed by atoms with Crippen molar-refractivity contribution in [1.82, 2.24) is 5.32 Å². The van der Waals surface area contributed by atoms with Gasteiger partial charge in [-0.25, -0.2) is 0 Å². The van der Waals surface area contributed by atoms with Gasteiger partial charge in [-0.2, -0.15) is 13.2 Å². The fourth-order valence-electron chi connectivity index (χ4n) is 1.21. The van der Waals surface area contributed by atoms with Crippen LogP contribution in [0.1, 0.15) is 5.56 Å². The molecular weight excluding hydrogens is 249 g/mol. The smallest absolute Gasteiger partial charge is 0.329 e. The molecule has 17 heavy (non-hydrogen) atoms. The van der Waals surface area contributed by atoms with Gasteiger partial charge in [0.05, 0.1) is 5.56 Å². The highest BCUT2D eigenvalue weighted by atomic mass is 32.2. The minimum Gasteiger partial charge on any atom is -0.329 e. The zero-order chi connectivity index (χ0) is 12.7. The van der Waals surface area contributed by atoms with Gasteiger partial charge in [-0.3, -0.25) is 0 Å². The molecule has 0 spiro atoms. The highest BCUT2D eigenvalue weighted by molar-refractivity contribution is 7.99. The molecule has 1 rings (SSSR count). The van der Waals surface area contributed by atoms with Crippen LogP contribution in [0.4, 0.5) is 13.2 Å². The maximum absolute atomic E-state index is 12.3. The lowest BCUT2D eigenvalue weighted by molar-refractivity contribution is -0.137. The molecular formula is C11H15F3N2S. The van der Waals surface area contributed by atoms with Crippen molar-refractivity contribution < 1.29 is 13.2 Å². The maximum Gasteiger partial charge on any atom is 0.416 e. The Kier molecular flexibility index (Phi) is 5.80. The molecule has 2 nitrogen and oxygen atoms in total. The van der Waals surface area contributed by atoms with E-state index in [-0.39, 0.29) is 0 Å². The normalized spacial score (nSPS) is 11.8. The van der Waals surface area contributed by atoms with E-state index in [0.29, 0.717) is 6.54 Å². The van der Waals surface area contributed by atoms with Crippen molar-refractivity contribution in [3.8, 4) is 0 Å². The van der Waals surface area contributed by atoms with Gasteiger partial charge in [-0.1, -0.05) is 0 Å². The molecule has 96 valence electrons. The lowest BCUT2D eigenvalue weighted by Gasteiger charge is -2.07. The largest absolute Gasteiger partial charge is 0.416 e. The SMILES string of the molecule is NCCNCCSc1ccc(C(F)(F)F)cc1. The molecule has 0 fully saturated rings. The average molecular weight is 264 g/mol. The summed E-state index contributed by atoms with van der Waals surface area (Å²) in [6.45, 7) is 2.14. The van der Waals surface area contributed by atoms with Crippen molar-refractivity contribution in [3.63, 3.8) is 0 Å². The standard InChI is InChI=1S/C11H15F3N2S/c12-11(13,14)9-1-3-10(4-2-9)17-8-7-16-6-5-15/h1-4,16H,5-8,15H2. The van der Waals surface area contributed by atoms with Crippen LogP contribution in [0.5, 0.6) is 0 Å². The number of hydrogen-bond acceptors (Lipinski definition) is 3. The van der Waals surface area contributed by atoms with Crippen LogP contribution in [0.2, 0.25) is 0 Å². The molecule has 0 atom stereocenters. The molecule has 0 saturated heterocycles. The Morgan fingerprint density at radius 2 is 1.76 bits per heavy atom. The van der Waals surface area contributed by atoms with Crippen LogP contribution >= 0.6 is 11.8 Å². The number of hydrogen-bond donors (Lipinski definition) is 2. The number of thioether (sulfide) groups is 1. The van der Waals surface area contributed by atoms with Gasteiger partial charge in [0.1, 0.15) is 0 Å². The molecule has 3 N–H and O–H groups in total. The first-order chi connectivity index (χ1) is 8.04. The van der Waals surface area contributed by atoms with E-state index in [1.54, 1.807) is 0 Å². The molecule has 1 aromatic rings. The zero-order valence-electron chi connectivity index (χ0n) is 9.26. The summed E-state index contributed by atoms with van der Waals surface area (Å²) in [6, 6.07) is 5.21. The Morgan fingerprint density at radius 1 is 1.12 bits per heavy atom. The second kappa shape index (κ2) is 6.88. The molecule has 0 aliphatic heterocycles. The summed E-state index contributed by atoms with van der Waals surface area (Å²) in [5.74, 6) is 0.811. The molecule has 0 aliphatic rings. The molecule has 0 unspecified atom stereocenters. The predicted molar refractivity (Wildman–Crippen MR) is 64.1 cm³/mol. The summed E-state index contributed by atoms with van der Waals surface area (Å²) in [4.78, 5) is 0.840. The number of rotatable bonds is 6. The van der Waals surface area contributed by atoms with E-state index in [4.69, 9.17) is 5.73 Å². The third-order valence-electron chi connectivity index (χ3n) is 2.05. The molecule has 1 aromatic carbocycles. The zero-order valence-corrected chi connectivity index (χ0v) is 10.1. The minimum absolute atomic E-state index is 0.588. The van der Waals surface area contributed by atoms with Gasteiger partial charge in [0.25, 0.3) is 0 Å². The summed E-state index contributed by atoms with van der Waals surface area (Å²) < 4.78 is 36.8. The van der Waals surface area contributed by atoms with Crippen LogP contribution in [0.15, 0.2) is 29.2 Å². The Labute approximate surface area is 103 Å². The van der Waals surface area contributed by atoms with Crippen LogP contribution in [-0.2, 0) is 6.18 Å². The van der Waals surface area contributed by atoms with Crippen LogP contribution in [0, 0.1) is 0 Å². The molecule has 0 amide bonds. The molecule has 0 radical (unpaired) electrons. The first kappa shape index (κ1) is 14.3. The topological polar surface area (TPSA) is 38.0 Å². The van der Waals surface area contributed by atoms with Gasteiger partial charge in [0.15, 0.2) is 0 Å². The van der Waals surface area contributed by atoms with Gasteiger partial charge < -0.3 is 11.1 Å². The van der Waals surface area contributed by atoms with E-state index in [2.05, 4.69) is 5.32 Å². The second-order valence-corrected chi connectivity index (χ2v) is 4.58. The highest BCUT2D eigenvalue weighted by Gasteiger charge is 2.29. The van der Waals surface area contributed by atoms with E-state index >= 15 is 0 Å². The maximum atomic E-state index is 12.3. The third kappa shape index (κ3) is 5.43. The minimum atomic E-state index is -4.26. The Bertz CT molecular complexity index is 324. The molecule has 0 saturated carbocycles. The Hall–Kier alpha value is -0.720. The molecule has 0 heterocycles. The van der Waals surface area contributed by atoms with Crippen LogP contribution < -0.4 is 11.1 Å². The number of nitrogens with one attached hydrogen (secondary N) is 1. The summed E-state index contributed by atoms with van der Waals surface area (Å²) in [5.41, 5.74) is 4.70. The fourth-order valence-corrected chi connectivity index (χ4v) is 2.02. The Balaban J connectivity index is 2.36. The van der Waals surface area contributed by atoms with Crippen LogP contribution in [-0.4, -0.2) is 25.4 Å². The van der Waals surface area contributed by atoms with Gasteiger partial charge in [0, 0.05) is 30.3 Å². The molecule has 0 aromatic heterocycles. The first-order valence-electron chi connectivity index (χ1n) is 5.25. The Morgan fingerprint density at radius 3 is 2.29 bits per heavy atom. The van der Waals surface area contributed by atoms with E-state index in [1.807, 2.05) is 0 Å². The number of alkyl halides is 3. The quantitative estimate of drug-likeness (QED) is 0.612. The van der Waals surface area contributed by atoms with Crippen molar-refractivity contribution in [3.05, 3.63) is 29.8 Å². The second-order valence-electron chi connectivity index (χ2n) is 3.41. The summed E-state index contributed by atoms with van der Waals surface area (Å²) in [6.07, 6.45) is -4.26. The van der Waals surface area contributed by atoms with E-state index in [0.717, 1.165) is 35.9 Å². The molecule has 0 aliphatic carbocycles. The summed E-state index contributed by atoms with van der Waals surface area (Å²) >= 11 is 1.52. The predicted octanol–water partition coefficient (Wildman–Crippen LogP) is 2.35. The van der Waals surface area contributed by atoms with Crippen molar-refractivity contribution in [2.24, 2.45) is 5.73 Å². The highest BCUT2D eigenvalue weighted by Crippen LogP contribution is 2.30. The van der Waals surface area contributed by atoms with Crippen molar-refractivity contribution >= 4 is 11.8 Å². The summed E-state index contributed by atoms with van der Waals surface area (Å²) in [7, 11) is 0. The summed E-state index contributed by atoms with van der Waals surface area (Å²) in [5, 5.41) is 3.12. The van der Waals surface area contributed by atoms with Gasteiger partial charge in [-0.05, 0) is 24.3 Å². The first-order valence-corrected chi connectivity index (χ1v) is 6.23. The molecule has 6 heteroatoms. The van der Waals surface area contributed by atoms with Crippen LogP contribution in [0.25, 0.3) is 0 Å². The number of benzene rings is 1. The van der Waals surface area contributed by atoms with Crippen molar-refractivity contribution in [2.45, 2.75) is 11.1 Å². The van der Waals surface area contributed by atoms with Gasteiger partial charge in [0.2, 0.25) is 0 Å². The van der Waals surface area contributed by atoms with Crippen molar-refractivity contribution in [1.29, 1.82) is 0 Å². The van der Waals surface area contributed by atoms with Gasteiger partial charge >= 0.3 is 6.18 Å². The van der Waals surface area contributed by atoms with Gasteiger partial charge in [-0.15, -0.1) is 11.8 Å². The van der Waals surface area contributed by atoms with E-state index < -0.39 is 11.7 Å². The number of nitrogens with two attached hydrogens (primary N) is 1. The van der Waals surface area contributed by atoms with E-state index in [1.165, 1.54) is 23.9 Å². The lowest BCUT2D eigenvalue weighted by Crippen LogP contribution is -2.24. The molecule has 0 bridgehead atoms. The van der Waals surface area contributed by atoms with Crippen molar-refractivity contribution in [2.75, 3.05) is 25.4 Å². The fraction of sp³-hybridized carbons (Fsp3) is 0.455. The van der Waals surface area contributed by atoms with E-state index in [9.17, 15) is 13.2 Å².